The Morgan fingerprint density at radius 3 is 2.33 bits per heavy atom. The molecule has 0 fully saturated rings. The summed E-state index contributed by atoms with van der Waals surface area (Å²) in [5, 5.41) is 0. The number of hydrogen-bond acceptors (Lipinski definition) is 5. The van der Waals surface area contributed by atoms with Gasteiger partial charge in [-0.3, -0.25) is 4.79 Å². The molecule has 0 aliphatic carbocycles. The van der Waals surface area contributed by atoms with Crippen molar-refractivity contribution >= 4 is 18.0 Å². The van der Waals surface area contributed by atoms with Gasteiger partial charge in [0.15, 0.2) is 12.4 Å². The normalized spacial score (nSPS) is 11.7. The first-order chi connectivity index (χ1) is 16.1. The molecule has 5 nitrogen and oxygen atoms in total. The predicted molar refractivity (Wildman–Crippen MR) is 133 cm³/mol. The minimum absolute atomic E-state index is 0.329. The zero-order valence-electron chi connectivity index (χ0n) is 18.8. The number of aldehydes is 1. The Morgan fingerprint density at radius 1 is 0.970 bits per heavy atom. The molecule has 5 heteroatoms. The van der Waals surface area contributed by atoms with Gasteiger partial charge in [0, 0.05) is 11.3 Å². The van der Waals surface area contributed by atoms with Crippen molar-refractivity contribution in [2.75, 3.05) is 12.3 Å². The second-order valence-corrected chi connectivity index (χ2v) is 7.48. The van der Waals surface area contributed by atoms with Gasteiger partial charge in [0.2, 0.25) is 0 Å². The minimum Gasteiger partial charge on any atom is -0.489 e. The van der Waals surface area contributed by atoms with E-state index in [1.165, 1.54) is 0 Å². The maximum Gasteiger partial charge on any atom is 0.160 e. The molecule has 2 N–H and O–H groups in total. The van der Waals surface area contributed by atoms with Crippen LogP contribution in [-0.2, 0) is 11.4 Å². The molecule has 0 heterocycles. The third-order valence-corrected chi connectivity index (χ3v) is 4.94. The average molecular weight is 444 g/mol. The SMILES string of the molecule is C=C(/C=C\c1ccccc1N)COc1ccc(OCc2ccccc2OC(C=O)CC)cc1. The fourth-order valence-corrected chi connectivity index (χ4v) is 3.00. The van der Waals surface area contributed by atoms with Crippen molar-refractivity contribution < 1.29 is 19.0 Å². The van der Waals surface area contributed by atoms with Crippen LogP contribution in [0.1, 0.15) is 24.5 Å². The van der Waals surface area contributed by atoms with Crippen molar-refractivity contribution in [3.8, 4) is 17.2 Å². The highest BCUT2D eigenvalue weighted by atomic mass is 16.5. The summed E-state index contributed by atoms with van der Waals surface area (Å²) in [5.74, 6) is 2.08. The van der Waals surface area contributed by atoms with Gasteiger partial charge in [-0.25, -0.2) is 0 Å². The molecule has 1 unspecified atom stereocenters. The van der Waals surface area contributed by atoms with E-state index >= 15 is 0 Å². The fourth-order valence-electron chi connectivity index (χ4n) is 3.00. The van der Waals surface area contributed by atoms with Gasteiger partial charge in [-0.05, 0) is 54.0 Å². The molecule has 3 aromatic carbocycles. The Labute approximate surface area is 195 Å². The van der Waals surface area contributed by atoms with Gasteiger partial charge in [-0.15, -0.1) is 0 Å². The van der Waals surface area contributed by atoms with Crippen LogP contribution in [0.4, 0.5) is 5.69 Å². The van der Waals surface area contributed by atoms with Crippen LogP contribution in [0.5, 0.6) is 17.2 Å². The number of nitrogens with two attached hydrogens (primary N) is 1. The molecule has 33 heavy (non-hydrogen) atoms. The quantitative estimate of drug-likeness (QED) is 0.216. The standard InChI is InChI=1S/C28H29NO4/c1-3-24(18-30)33-28-11-7-5-9-23(28)20-32-26-16-14-25(15-17-26)31-19-21(2)12-13-22-8-4-6-10-27(22)29/h4-18,24H,2-3,19-20,29H2,1H3/b13-12-. The number of benzene rings is 3. The summed E-state index contributed by atoms with van der Waals surface area (Å²) in [6.07, 6.45) is 4.80. The lowest BCUT2D eigenvalue weighted by atomic mass is 10.1. The number of rotatable bonds is 12. The van der Waals surface area contributed by atoms with Crippen LogP contribution in [0.25, 0.3) is 6.08 Å². The van der Waals surface area contributed by atoms with Gasteiger partial charge in [-0.1, -0.05) is 62.1 Å². The lowest BCUT2D eigenvalue weighted by Crippen LogP contribution is -2.17. The van der Waals surface area contributed by atoms with E-state index in [9.17, 15) is 4.79 Å². The number of anilines is 1. The van der Waals surface area contributed by atoms with Crippen molar-refractivity contribution in [3.63, 3.8) is 0 Å². The second kappa shape index (κ2) is 12.2. The highest BCUT2D eigenvalue weighted by molar-refractivity contribution is 5.65. The molecule has 0 saturated carbocycles. The van der Waals surface area contributed by atoms with Crippen molar-refractivity contribution in [1.82, 2.24) is 0 Å². The number of nitrogen functional groups attached to an aromatic ring is 1. The molecule has 0 saturated heterocycles. The first kappa shape index (κ1) is 23.7. The predicted octanol–water partition coefficient (Wildman–Crippen LogP) is 5.85. The maximum atomic E-state index is 11.1. The minimum atomic E-state index is -0.461. The van der Waals surface area contributed by atoms with Gasteiger partial charge in [0.1, 0.15) is 30.5 Å². The van der Waals surface area contributed by atoms with Crippen molar-refractivity contribution in [2.45, 2.75) is 26.1 Å². The van der Waals surface area contributed by atoms with Crippen molar-refractivity contribution in [3.05, 3.63) is 102 Å². The summed E-state index contributed by atoms with van der Waals surface area (Å²) in [6.45, 7) is 6.63. The molecule has 0 bridgehead atoms. The summed E-state index contributed by atoms with van der Waals surface area (Å²) in [4.78, 5) is 11.1. The van der Waals surface area contributed by atoms with E-state index in [4.69, 9.17) is 19.9 Å². The number of carbonyl (C=O) groups excluding carboxylic acids is 1. The van der Waals surface area contributed by atoms with Crippen molar-refractivity contribution in [1.29, 1.82) is 0 Å². The molecular formula is C28H29NO4. The molecule has 0 aromatic heterocycles. The molecule has 3 rings (SSSR count). The monoisotopic (exact) mass is 443 g/mol. The number of carbonyl (C=O) groups is 1. The zero-order valence-corrected chi connectivity index (χ0v) is 18.8. The lowest BCUT2D eigenvalue weighted by Gasteiger charge is -2.15. The van der Waals surface area contributed by atoms with E-state index in [-0.39, 0.29) is 0 Å². The Hall–Kier alpha value is -3.99. The molecular weight excluding hydrogens is 414 g/mol. The fraction of sp³-hybridized carbons (Fsp3) is 0.179. The third kappa shape index (κ3) is 7.28. The Morgan fingerprint density at radius 2 is 1.64 bits per heavy atom. The highest BCUT2D eigenvalue weighted by Gasteiger charge is 2.10. The largest absolute Gasteiger partial charge is 0.489 e. The Kier molecular flexibility index (Phi) is 8.71. The molecule has 0 aliphatic rings. The van der Waals surface area contributed by atoms with E-state index in [2.05, 4.69) is 6.58 Å². The van der Waals surface area contributed by atoms with Crippen LogP contribution in [0.15, 0.2) is 91.0 Å². The summed E-state index contributed by atoms with van der Waals surface area (Å²) in [7, 11) is 0. The summed E-state index contributed by atoms with van der Waals surface area (Å²) in [6, 6.07) is 22.6. The summed E-state index contributed by atoms with van der Waals surface area (Å²) in [5.41, 5.74) is 9.32. The number of para-hydroxylation sites is 2. The molecule has 3 aromatic rings. The highest BCUT2D eigenvalue weighted by Crippen LogP contribution is 2.24. The van der Waals surface area contributed by atoms with Crippen LogP contribution in [0, 0.1) is 0 Å². The van der Waals surface area contributed by atoms with Crippen molar-refractivity contribution in [2.24, 2.45) is 0 Å². The number of ether oxygens (including phenoxy) is 3. The van der Waals surface area contributed by atoms with Crippen LogP contribution in [0.3, 0.4) is 0 Å². The van der Waals surface area contributed by atoms with Crippen LogP contribution >= 0.6 is 0 Å². The summed E-state index contributed by atoms with van der Waals surface area (Å²) >= 11 is 0. The molecule has 0 radical (unpaired) electrons. The van der Waals surface area contributed by atoms with Gasteiger partial charge >= 0.3 is 0 Å². The summed E-state index contributed by atoms with van der Waals surface area (Å²) < 4.78 is 17.5. The lowest BCUT2D eigenvalue weighted by molar-refractivity contribution is -0.113. The molecule has 0 spiro atoms. The number of hydrogen-bond donors (Lipinski definition) is 1. The maximum absolute atomic E-state index is 11.1. The van der Waals surface area contributed by atoms with Gasteiger partial charge < -0.3 is 19.9 Å². The van der Waals surface area contributed by atoms with E-state index in [1.807, 2.05) is 91.9 Å². The van der Waals surface area contributed by atoms with E-state index in [0.717, 1.165) is 34.4 Å². The van der Waals surface area contributed by atoms with Crippen LogP contribution in [-0.4, -0.2) is 19.0 Å². The average Bonchev–Trinajstić information content (AvgIpc) is 2.85. The van der Waals surface area contributed by atoms with E-state index in [0.29, 0.717) is 31.1 Å². The molecule has 1 atom stereocenters. The third-order valence-electron chi connectivity index (χ3n) is 4.94. The van der Waals surface area contributed by atoms with E-state index in [1.54, 1.807) is 0 Å². The first-order valence-corrected chi connectivity index (χ1v) is 10.8. The molecule has 0 aliphatic heterocycles. The van der Waals surface area contributed by atoms with Crippen LogP contribution in [0.2, 0.25) is 0 Å². The van der Waals surface area contributed by atoms with Crippen LogP contribution < -0.4 is 19.9 Å². The van der Waals surface area contributed by atoms with Gasteiger partial charge in [0.25, 0.3) is 0 Å². The zero-order chi connectivity index (χ0) is 23.5. The van der Waals surface area contributed by atoms with E-state index < -0.39 is 6.10 Å². The van der Waals surface area contributed by atoms with Gasteiger partial charge in [-0.2, -0.15) is 0 Å². The first-order valence-electron chi connectivity index (χ1n) is 10.8. The smallest absolute Gasteiger partial charge is 0.160 e. The van der Waals surface area contributed by atoms with Gasteiger partial charge in [0.05, 0.1) is 0 Å². The Balaban J connectivity index is 1.50. The topological polar surface area (TPSA) is 70.8 Å². The molecule has 0 amide bonds. The Bertz CT molecular complexity index is 1090. The second-order valence-electron chi connectivity index (χ2n) is 7.48. The molecule has 170 valence electrons.